The van der Waals surface area contributed by atoms with Crippen molar-refractivity contribution in [2.75, 3.05) is 10.6 Å². The van der Waals surface area contributed by atoms with Gasteiger partial charge in [0.1, 0.15) is 12.4 Å². The minimum atomic E-state index is -0.284. The van der Waals surface area contributed by atoms with E-state index in [0.29, 0.717) is 34.3 Å². The van der Waals surface area contributed by atoms with E-state index >= 15 is 0 Å². The fourth-order valence-electron chi connectivity index (χ4n) is 2.56. The SMILES string of the molecule is CC(=O)Nc1ccc(NC(=O)c2cccc(OCc3ccccc3)c2)cc1Cl. The van der Waals surface area contributed by atoms with Crippen molar-refractivity contribution in [1.82, 2.24) is 0 Å². The lowest BCUT2D eigenvalue weighted by atomic mass is 10.2. The number of amides is 2. The molecular formula is C22H19ClN2O3. The molecule has 0 radical (unpaired) electrons. The average Bonchev–Trinajstić information content (AvgIpc) is 2.69. The van der Waals surface area contributed by atoms with E-state index in [0.717, 1.165) is 5.56 Å². The van der Waals surface area contributed by atoms with Crippen molar-refractivity contribution >= 4 is 34.8 Å². The Kier molecular flexibility index (Phi) is 6.29. The summed E-state index contributed by atoms with van der Waals surface area (Å²) in [4.78, 5) is 23.7. The molecular weight excluding hydrogens is 376 g/mol. The molecule has 0 fully saturated rings. The van der Waals surface area contributed by atoms with Crippen LogP contribution in [0.25, 0.3) is 0 Å². The van der Waals surface area contributed by atoms with Crippen molar-refractivity contribution in [1.29, 1.82) is 0 Å². The second kappa shape index (κ2) is 9.06. The zero-order valence-electron chi connectivity index (χ0n) is 15.2. The summed E-state index contributed by atoms with van der Waals surface area (Å²) < 4.78 is 5.76. The van der Waals surface area contributed by atoms with Gasteiger partial charge in [-0.05, 0) is 42.0 Å². The summed E-state index contributed by atoms with van der Waals surface area (Å²) >= 11 is 6.14. The Morgan fingerprint density at radius 3 is 2.43 bits per heavy atom. The van der Waals surface area contributed by atoms with E-state index in [-0.39, 0.29) is 11.8 Å². The lowest BCUT2D eigenvalue weighted by molar-refractivity contribution is -0.114. The predicted molar refractivity (Wildman–Crippen MR) is 111 cm³/mol. The molecule has 28 heavy (non-hydrogen) atoms. The number of rotatable bonds is 6. The maximum atomic E-state index is 12.5. The minimum Gasteiger partial charge on any atom is -0.489 e. The summed E-state index contributed by atoms with van der Waals surface area (Å²) in [5.74, 6) is 0.107. The summed E-state index contributed by atoms with van der Waals surface area (Å²) in [6.07, 6.45) is 0. The van der Waals surface area contributed by atoms with Gasteiger partial charge in [0.2, 0.25) is 5.91 Å². The van der Waals surface area contributed by atoms with E-state index in [1.165, 1.54) is 6.92 Å². The van der Waals surface area contributed by atoms with Gasteiger partial charge in [-0.1, -0.05) is 48.0 Å². The third-order valence-corrected chi connectivity index (χ3v) is 4.19. The molecule has 0 atom stereocenters. The normalized spacial score (nSPS) is 10.2. The van der Waals surface area contributed by atoms with E-state index in [1.807, 2.05) is 30.3 Å². The first-order chi connectivity index (χ1) is 13.5. The van der Waals surface area contributed by atoms with Gasteiger partial charge in [-0.25, -0.2) is 0 Å². The number of benzene rings is 3. The Hall–Kier alpha value is -3.31. The van der Waals surface area contributed by atoms with Gasteiger partial charge in [-0.15, -0.1) is 0 Å². The lowest BCUT2D eigenvalue weighted by Crippen LogP contribution is -2.12. The van der Waals surface area contributed by atoms with Crippen LogP contribution in [0.15, 0.2) is 72.8 Å². The van der Waals surface area contributed by atoms with Gasteiger partial charge in [0.15, 0.2) is 0 Å². The number of hydrogen-bond acceptors (Lipinski definition) is 3. The van der Waals surface area contributed by atoms with Crippen LogP contribution in [0.4, 0.5) is 11.4 Å². The maximum Gasteiger partial charge on any atom is 0.255 e. The number of carbonyl (C=O) groups excluding carboxylic acids is 2. The molecule has 0 heterocycles. The van der Waals surface area contributed by atoms with Crippen LogP contribution >= 0.6 is 11.6 Å². The maximum absolute atomic E-state index is 12.5. The van der Waals surface area contributed by atoms with Crippen LogP contribution in [0.3, 0.4) is 0 Å². The lowest BCUT2D eigenvalue weighted by Gasteiger charge is -2.10. The van der Waals surface area contributed by atoms with E-state index < -0.39 is 0 Å². The van der Waals surface area contributed by atoms with E-state index in [2.05, 4.69) is 10.6 Å². The van der Waals surface area contributed by atoms with E-state index in [1.54, 1.807) is 42.5 Å². The molecule has 6 heteroatoms. The third kappa shape index (κ3) is 5.34. The summed E-state index contributed by atoms with van der Waals surface area (Å²) in [6, 6.07) is 21.7. The monoisotopic (exact) mass is 394 g/mol. The van der Waals surface area contributed by atoms with Gasteiger partial charge in [0.05, 0.1) is 10.7 Å². The number of nitrogens with one attached hydrogen (secondary N) is 2. The molecule has 0 aliphatic rings. The molecule has 3 aromatic rings. The van der Waals surface area contributed by atoms with Crippen LogP contribution in [-0.4, -0.2) is 11.8 Å². The molecule has 2 N–H and O–H groups in total. The average molecular weight is 395 g/mol. The molecule has 142 valence electrons. The number of anilines is 2. The zero-order chi connectivity index (χ0) is 19.9. The first-order valence-corrected chi connectivity index (χ1v) is 9.04. The molecule has 0 aliphatic carbocycles. The van der Waals surface area contributed by atoms with Crippen molar-refractivity contribution < 1.29 is 14.3 Å². The van der Waals surface area contributed by atoms with E-state index in [9.17, 15) is 9.59 Å². The standard InChI is InChI=1S/C22H19ClN2O3/c1-15(26)24-21-11-10-18(13-20(21)23)25-22(27)17-8-5-9-19(12-17)28-14-16-6-3-2-4-7-16/h2-13H,14H2,1H3,(H,24,26)(H,25,27). The Morgan fingerprint density at radius 2 is 1.71 bits per heavy atom. The molecule has 0 unspecified atom stereocenters. The van der Waals surface area contributed by atoms with Crippen molar-refractivity contribution in [3.8, 4) is 5.75 Å². The van der Waals surface area contributed by atoms with E-state index in [4.69, 9.17) is 16.3 Å². The molecule has 0 saturated heterocycles. The Balaban J connectivity index is 1.66. The van der Waals surface area contributed by atoms with Gasteiger partial charge in [-0.2, -0.15) is 0 Å². The summed E-state index contributed by atoms with van der Waals surface area (Å²) in [6.45, 7) is 1.82. The highest BCUT2D eigenvalue weighted by atomic mass is 35.5. The quantitative estimate of drug-likeness (QED) is 0.609. The Morgan fingerprint density at radius 1 is 0.929 bits per heavy atom. The van der Waals surface area contributed by atoms with Crippen LogP contribution in [0.1, 0.15) is 22.8 Å². The minimum absolute atomic E-state index is 0.217. The molecule has 3 rings (SSSR count). The molecule has 5 nitrogen and oxygen atoms in total. The van der Waals surface area contributed by atoms with Crippen LogP contribution in [0.5, 0.6) is 5.75 Å². The summed E-state index contributed by atoms with van der Waals surface area (Å²) in [5, 5.41) is 5.75. The second-order valence-corrected chi connectivity index (χ2v) is 6.54. The number of halogens is 1. The predicted octanol–water partition coefficient (Wildman–Crippen LogP) is 5.13. The first kappa shape index (κ1) is 19.5. The molecule has 0 bridgehead atoms. The zero-order valence-corrected chi connectivity index (χ0v) is 16.0. The van der Waals surface area contributed by atoms with Crippen LogP contribution < -0.4 is 15.4 Å². The van der Waals surface area contributed by atoms with Gasteiger partial charge in [-0.3, -0.25) is 9.59 Å². The Bertz CT molecular complexity index is 990. The largest absolute Gasteiger partial charge is 0.489 e. The first-order valence-electron chi connectivity index (χ1n) is 8.66. The van der Waals surface area contributed by atoms with Gasteiger partial charge in [0, 0.05) is 18.2 Å². The van der Waals surface area contributed by atoms with Gasteiger partial charge < -0.3 is 15.4 Å². The van der Waals surface area contributed by atoms with Gasteiger partial charge >= 0.3 is 0 Å². The summed E-state index contributed by atoms with van der Waals surface area (Å²) in [5.41, 5.74) is 2.53. The number of hydrogen-bond donors (Lipinski definition) is 2. The molecule has 0 aliphatic heterocycles. The summed E-state index contributed by atoms with van der Waals surface area (Å²) in [7, 11) is 0. The highest BCUT2D eigenvalue weighted by Gasteiger charge is 2.10. The third-order valence-electron chi connectivity index (χ3n) is 3.88. The highest BCUT2D eigenvalue weighted by Crippen LogP contribution is 2.26. The molecule has 2 amide bonds. The molecule has 0 spiro atoms. The van der Waals surface area contributed by atoms with Crippen molar-refractivity contribution in [3.63, 3.8) is 0 Å². The second-order valence-electron chi connectivity index (χ2n) is 6.13. The van der Waals surface area contributed by atoms with Crippen molar-refractivity contribution in [2.45, 2.75) is 13.5 Å². The number of ether oxygens (including phenoxy) is 1. The van der Waals surface area contributed by atoms with Crippen molar-refractivity contribution in [3.05, 3.63) is 88.9 Å². The topological polar surface area (TPSA) is 67.4 Å². The molecule has 3 aromatic carbocycles. The Labute approximate surface area is 168 Å². The van der Waals surface area contributed by atoms with Crippen LogP contribution in [0.2, 0.25) is 5.02 Å². The highest BCUT2D eigenvalue weighted by molar-refractivity contribution is 6.34. The van der Waals surface area contributed by atoms with Crippen LogP contribution in [0, 0.1) is 0 Å². The van der Waals surface area contributed by atoms with Crippen molar-refractivity contribution in [2.24, 2.45) is 0 Å². The van der Waals surface area contributed by atoms with Gasteiger partial charge in [0.25, 0.3) is 5.91 Å². The molecule has 0 saturated carbocycles. The van der Waals surface area contributed by atoms with Crippen LogP contribution in [-0.2, 0) is 11.4 Å². The fourth-order valence-corrected chi connectivity index (χ4v) is 2.78. The number of carbonyl (C=O) groups is 2. The fraction of sp³-hybridized carbons (Fsp3) is 0.0909. The molecule has 0 aromatic heterocycles. The smallest absolute Gasteiger partial charge is 0.255 e.